The zero-order chi connectivity index (χ0) is 15.7. The highest BCUT2D eigenvalue weighted by molar-refractivity contribution is 5.96. The van der Waals surface area contributed by atoms with Crippen LogP contribution in [0.4, 0.5) is 13.2 Å². The first kappa shape index (κ1) is 16.0. The number of alkyl halides is 3. The van der Waals surface area contributed by atoms with Crippen molar-refractivity contribution in [2.75, 3.05) is 0 Å². The Kier molecular flexibility index (Phi) is 4.41. The van der Waals surface area contributed by atoms with Crippen molar-refractivity contribution in [1.29, 1.82) is 0 Å². The van der Waals surface area contributed by atoms with Crippen molar-refractivity contribution in [3.63, 3.8) is 0 Å². The van der Waals surface area contributed by atoms with Gasteiger partial charge in [-0.2, -0.15) is 18.3 Å². The van der Waals surface area contributed by atoms with Crippen LogP contribution in [0, 0.1) is 13.8 Å². The number of carboxylic acids is 1. The number of amides is 1. The Bertz CT molecular complexity index is 537. The molecule has 9 heteroatoms. The van der Waals surface area contributed by atoms with Crippen LogP contribution < -0.4 is 5.32 Å². The summed E-state index contributed by atoms with van der Waals surface area (Å²) in [6, 6.07) is -2.44. The fraction of sp³-hybridized carbons (Fsp3) is 0.545. The van der Waals surface area contributed by atoms with E-state index in [1.165, 1.54) is 18.5 Å². The molecule has 0 spiro atoms. The molecule has 6 nitrogen and oxygen atoms in total. The highest BCUT2D eigenvalue weighted by Crippen LogP contribution is 2.23. The number of nitrogens with one attached hydrogen (secondary N) is 1. The van der Waals surface area contributed by atoms with Crippen LogP contribution in [-0.4, -0.2) is 39.0 Å². The lowest BCUT2D eigenvalue weighted by Gasteiger charge is -2.20. The van der Waals surface area contributed by atoms with Crippen LogP contribution in [0.15, 0.2) is 0 Å². The van der Waals surface area contributed by atoms with E-state index in [1.807, 2.05) is 0 Å². The van der Waals surface area contributed by atoms with Crippen LogP contribution in [0.2, 0.25) is 0 Å². The molecular formula is C11H14F3N3O3. The van der Waals surface area contributed by atoms with Gasteiger partial charge in [-0.25, -0.2) is 0 Å². The number of rotatable bonds is 4. The third kappa shape index (κ3) is 3.49. The summed E-state index contributed by atoms with van der Waals surface area (Å²) in [4.78, 5) is 22.3. The van der Waals surface area contributed by atoms with E-state index in [0.717, 1.165) is 0 Å². The van der Waals surface area contributed by atoms with Gasteiger partial charge in [0, 0.05) is 12.7 Å². The maximum atomic E-state index is 12.7. The fourth-order valence-electron chi connectivity index (χ4n) is 1.76. The zero-order valence-electron chi connectivity index (χ0n) is 11.1. The van der Waals surface area contributed by atoms with Crippen molar-refractivity contribution in [1.82, 2.24) is 15.1 Å². The van der Waals surface area contributed by atoms with Crippen LogP contribution >= 0.6 is 0 Å². The molecule has 2 N–H and O–H groups in total. The van der Waals surface area contributed by atoms with Gasteiger partial charge in [0.1, 0.15) is 6.04 Å². The number of hydrogen-bond acceptors (Lipinski definition) is 3. The van der Waals surface area contributed by atoms with Gasteiger partial charge in [0.05, 0.1) is 17.7 Å². The molecule has 0 saturated carbocycles. The van der Waals surface area contributed by atoms with Gasteiger partial charge in [-0.15, -0.1) is 0 Å². The third-order valence-corrected chi connectivity index (χ3v) is 2.82. The minimum absolute atomic E-state index is 0.0205. The van der Waals surface area contributed by atoms with Gasteiger partial charge in [0.2, 0.25) is 0 Å². The van der Waals surface area contributed by atoms with Crippen molar-refractivity contribution in [3.8, 4) is 0 Å². The predicted molar refractivity (Wildman–Crippen MR) is 62.2 cm³/mol. The Morgan fingerprint density at radius 2 is 1.95 bits per heavy atom. The Morgan fingerprint density at radius 3 is 2.30 bits per heavy atom. The number of aliphatic carboxylic acids is 1. The van der Waals surface area contributed by atoms with Crippen molar-refractivity contribution in [2.24, 2.45) is 7.05 Å². The van der Waals surface area contributed by atoms with Gasteiger partial charge in [0.25, 0.3) is 5.91 Å². The maximum Gasteiger partial charge on any atom is 0.409 e. The Balaban J connectivity index is 2.99. The van der Waals surface area contributed by atoms with E-state index in [4.69, 9.17) is 5.11 Å². The highest BCUT2D eigenvalue weighted by atomic mass is 19.4. The number of nitrogens with zero attached hydrogens (tertiary/aromatic N) is 2. The van der Waals surface area contributed by atoms with Crippen molar-refractivity contribution >= 4 is 11.9 Å². The molecule has 112 valence electrons. The van der Waals surface area contributed by atoms with E-state index in [9.17, 15) is 22.8 Å². The first-order valence-corrected chi connectivity index (χ1v) is 5.63. The number of carboxylic acid groups (broad SMARTS) is 1. The smallest absolute Gasteiger partial charge is 0.409 e. The van der Waals surface area contributed by atoms with Gasteiger partial charge < -0.3 is 10.4 Å². The van der Waals surface area contributed by atoms with Crippen LogP contribution in [0.5, 0.6) is 0 Å². The largest absolute Gasteiger partial charge is 0.481 e. The van der Waals surface area contributed by atoms with Gasteiger partial charge in [0.15, 0.2) is 0 Å². The summed E-state index contributed by atoms with van der Waals surface area (Å²) in [5.74, 6) is -2.64. The van der Waals surface area contributed by atoms with Gasteiger partial charge in [-0.3, -0.25) is 14.3 Å². The van der Waals surface area contributed by atoms with Crippen LogP contribution in [-0.2, 0) is 11.8 Å². The molecule has 20 heavy (non-hydrogen) atoms. The van der Waals surface area contributed by atoms with E-state index in [-0.39, 0.29) is 11.3 Å². The lowest BCUT2D eigenvalue weighted by atomic mass is 10.1. The van der Waals surface area contributed by atoms with Crippen LogP contribution in [0.25, 0.3) is 0 Å². The lowest BCUT2D eigenvalue weighted by molar-refractivity contribution is -0.165. The first-order valence-electron chi connectivity index (χ1n) is 5.63. The van der Waals surface area contributed by atoms with E-state index in [1.54, 1.807) is 12.4 Å². The third-order valence-electron chi connectivity index (χ3n) is 2.82. The molecule has 1 atom stereocenters. The van der Waals surface area contributed by atoms with Crippen molar-refractivity contribution in [3.05, 3.63) is 17.0 Å². The van der Waals surface area contributed by atoms with E-state index >= 15 is 0 Å². The maximum absolute atomic E-state index is 12.7. The summed E-state index contributed by atoms with van der Waals surface area (Å²) in [6.07, 6.45) is -6.06. The quantitative estimate of drug-likeness (QED) is 0.873. The van der Waals surface area contributed by atoms with E-state index in [2.05, 4.69) is 5.10 Å². The average Bonchev–Trinajstić information content (AvgIpc) is 2.50. The van der Waals surface area contributed by atoms with E-state index < -0.39 is 30.5 Å². The molecule has 0 aromatic carbocycles. The number of aromatic nitrogens is 2. The van der Waals surface area contributed by atoms with E-state index in [0.29, 0.717) is 5.69 Å². The molecule has 1 amide bonds. The lowest BCUT2D eigenvalue weighted by Crippen LogP contribution is -2.46. The summed E-state index contributed by atoms with van der Waals surface area (Å²) in [5, 5.41) is 14.1. The van der Waals surface area contributed by atoms with Crippen molar-refractivity contribution < 1.29 is 27.9 Å². The highest BCUT2D eigenvalue weighted by Gasteiger charge is 2.42. The van der Waals surface area contributed by atoms with Crippen molar-refractivity contribution in [2.45, 2.75) is 32.5 Å². The summed E-state index contributed by atoms with van der Waals surface area (Å²) < 4.78 is 39.4. The molecule has 0 radical (unpaired) electrons. The molecule has 1 aromatic rings. The summed E-state index contributed by atoms with van der Waals surface area (Å²) in [7, 11) is 1.55. The molecule has 0 fully saturated rings. The zero-order valence-corrected chi connectivity index (χ0v) is 11.1. The molecule has 1 aromatic heterocycles. The summed E-state index contributed by atoms with van der Waals surface area (Å²) in [5.41, 5.74) is 0.696. The molecule has 0 saturated heterocycles. The second-order valence-electron chi connectivity index (χ2n) is 4.33. The molecule has 1 rings (SSSR count). The monoisotopic (exact) mass is 293 g/mol. The molecule has 1 unspecified atom stereocenters. The standard InChI is InChI=1S/C11H14F3N3O3/c1-5-9(6(2)17(3)16-5)10(20)15-7(4-8(18)19)11(12,13)14/h7H,4H2,1-3H3,(H,15,20)(H,18,19). The Hall–Kier alpha value is -2.06. The molecular weight excluding hydrogens is 279 g/mol. The molecule has 0 aliphatic heterocycles. The Morgan fingerprint density at radius 1 is 1.40 bits per heavy atom. The predicted octanol–water partition coefficient (Wildman–Crippen LogP) is 1.17. The molecule has 1 heterocycles. The fourth-order valence-corrected chi connectivity index (χ4v) is 1.76. The average molecular weight is 293 g/mol. The summed E-state index contributed by atoms with van der Waals surface area (Å²) >= 11 is 0. The second-order valence-corrected chi connectivity index (χ2v) is 4.33. The number of carbonyl (C=O) groups excluding carboxylic acids is 1. The Labute approximate surface area is 112 Å². The van der Waals surface area contributed by atoms with Gasteiger partial charge in [-0.05, 0) is 13.8 Å². The van der Waals surface area contributed by atoms with Crippen LogP contribution in [0.3, 0.4) is 0 Å². The number of hydrogen-bond donors (Lipinski definition) is 2. The number of carbonyl (C=O) groups is 2. The molecule has 0 bridgehead atoms. The normalized spacial score (nSPS) is 13.1. The topological polar surface area (TPSA) is 84.2 Å². The number of halogens is 3. The molecule has 0 aliphatic carbocycles. The van der Waals surface area contributed by atoms with Gasteiger partial charge in [-0.1, -0.05) is 0 Å². The molecule has 0 aliphatic rings. The SMILES string of the molecule is Cc1nn(C)c(C)c1C(=O)NC(CC(=O)O)C(F)(F)F. The number of aryl methyl sites for hydroxylation is 2. The second kappa shape index (κ2) is 5.51. The minimum Gasteiger partial charge on any atom is -0.481 e. The summed E-state index contributed by atoms with van der Waals surface area (Å²) in [6.45, 7) is 3.02. The first-order chi connectivity index (χ1) is 9.04. The van der Waals surface area contributed by atoms with Gasteiger partial charge >= 0.3 is 12.1 Å². The van der Waals surface area contributed by atoms with Crippen LogP contribution in [0.1, 0.15) is 28.2 Å². The minimum atomic E-state index is -4.84.